The SMILES string of the molecule is CCCC(=N)N1CC(=O)NC(=O)C1. The Bertz CT molecular complexity index is 234. The van der Waals surface area contributed by atoms with Crippen LogP contribution in [0, 0.1) is 5.41 Å². The molecule has 1 saturated heterocycles. The van der Waals surface area contributed by atoms with E-state index in [1.807, 2.05) is 6.92 Å². The molecule has 2 amide bonds. The largest absolute Gasteiger partial charge is 0.342 e. The first-order valence-electron chi connectivity index (χ1n) is 4.28. The lowest BCUT2D eigenvalue weighted by molar-refractivity contribution is -0.134. The maximum Gasteiger partial charge on any atom is 0.246 e. The number of amidine groups is 1. The molecule has 72 valence electrons. The van der Waals surface area contributed by atoms with E-state index in [0.717, 1.165) is 6.42 Å². The van der Waals surface area contributed by atoms with Crippen molar-refractivity contribution >= 4 is 17.6 Å². The maximum atomic E-state index is 10.9. The van der Waals surface area contributed by atoms with E-state index in [0.29, 0.717) is 12.3 Å². The van der Waals surface area contributed by atoms with Gasteiger partial charge in [0.05, 0.1) is 18.9 Å². The van der Waals surface area contributed by atoms with Crippen molar-refractivity contribution < 1.29 is 9.59 Å². The highest BCUT2D eigenvalue weighted by molar-refractivity contribution is 6.02. The van der Waals surface area contributed by atoms with E-state index in [4.69, 9.17) is 5.41 Å². The van der Waals surface area contributed by atoms with Gasteiger partial charge in [-0.3, -0.25) is 20.3 Å². The Labute approximate surface area is 76.6 Å². The van der Waals surface area contributed by atoms with Crippen molar-refractivity contribution in [1.29, 1.82) is 5.41 Å². The molecule has 0 radical (unpaired) electrons. The summed E-state index contributed by atoms with van der Waals surface area (Å²) in [5.74, 6) is -0.278. The Kier molecular flexibility index (Phi) is 3.00. The Morgan fingerprint density at radius 3 is 2.46 bits per heavy atom. The van der Waals surface area contributed by atoms with Crippen LogP contribution < -0.4 is 5.32 Å². The molecule has 0 saturated carbocycles. The fraction of sp³-hybridized carbons (Fsp3) is 0.625. The Balaban J connectivity index is 2.54. The van der Waals surface area contributed by atoms with E-state index >= 15 is 0 Å². The number of hydrogen-bond acceptors (Lipinski definition) is 3. The number of piperazine rings is 1. The second-order valence-corrected chi connectivity index (χ2v) is 3.02. The molecule has 1 heterocycles. The molecule has 0 aromatic rings. The molecule has 1 aliphatic rings. The van der Waals surface area contributed by atoms with Gasteiger partial charge in [0.25, 0.3) is 0 Å². The summed E-state index contributed by atoms with van der Waals surface area (Å²) in [6.45, 7) is 2.22. The van der Waals surface area contributed by atoms with Gasteiger partial charge < -0.3 is 4.90 Å². The molecule has 1 rings (SSSR count). The first kappa shape index (κ1) is 9.70. The third-order valence-corrected chi connectivity index (χ3v) is 1.82. The smallest absolute Gasteiger partial charge is 0.246 e. The summed E-state index contributed by atoms with van der Waals surface area (Å²) in [5, 5.41) is 9.75. The number of hydrogen-bond donors (Lipinski definition) is 2. The quantitative estimate of drug-likeness (QED) is 0.351. The Morgan fingerprint density at radius 1 is 1.46 bits per heavy atom. The monoisotopic (exact) mass is 183 g/mol. The van der Waals surface area contributed by atoms with Crippen molar-refractivity contribution in [3.05, 3.63) is 0 Å². The summed E-state index contributed by atoms with van der Waals surface area (Å²) >= 11 is 0. The van der Waals surface area contributed by atoms with Crippen LogP contribution in [0.1, 0.15) is 19.8 Å². The van der Waals surface area contributed by atoms with Gasteiger partial charge in [-0.05, 0) is 6.42 Å². The van der Waals surface area contributed by atoms with Crippen molar-refractivity contribution in [1.82, 2.24) is 10.2 Å². The zero-order chi connectivity index (χ0) is 9.84. The predicted octanol–water partition coefficient (Wildman–Crippen LogP) is -0.278. The van der Waals surface area contributed by atoms with Crippen molar-refractivity contribution in [2.75, 3.05) is 13.1 Å². The van der Waals surface area contributed by atoms with Gasteiger partial charge in [0.1, 0.15) is 0 Å². The van der Waals surface area contributed by atoms with Gasteiger partial charge in [0, 0.05) is 6.42 Å². The normalized spacial score (nSPS) is 17.2. The molecule has 0 aliphatic carbocycles. The van der Waals surface area contributed by atoms with Crippen LogP contribution in [0.5, 0.6) is 0 Å². The fourth-order valence-corrected chi connectivity index (χ4v) is 1.22. The van der Waals surface area contributed by atoms with Gasteiger partial charge in [0.15, 0.2) is 0 Å². The van der Waals surface area contributed by atoms with Gasteiger partial charge in [-0.2, -0.15) is 0 Å². The number of carbonyl (C=O) groups excluding carboxylic acids is 2. The summed E-state index contributed by atoms with van der Waals surface area (Å²) < 4.78 is 0. The van der Waals surface area contributed by atoms with E-state index in [1.165, 1.54) is 4.90 Å². The zero-order valence-electron chi connectivity index (χ0n) is 7.59. The van der Waals surface area contributed by atoms with E-state index in [9.17, 15) is 9.59 Å². The average molecular weight is 183 g/mol. The third kappa shape index (κ3) is 2.54. The van der Waals surface area contributed by atoms with Crippen molar-refractivity contribution in [3.8, 4) is 0 Å². The molecule has 5 heteroatoms. The number of amides is 2. The second kappa shape index (κ2) is 4.02. The molecule has 0 spiro atoms. The molecule has 2 N–H and O–H groups in total. The van der Waals surface area contributed by atoms with E-state index in [2.05, 4.69) is 5.32 Å². The molecular weight excluding hydrogens is 170 g/mol. The standard InChI is InChI=1S/C8H13N3O2/c1-2-3-6(9)11-4-7(12)10-8(13)5-11/h9H,2-5H2,1H3,(H,10,12,13). The highest BCUT2D eigenvalue weighted by atomic mass is 16.2. The van der Waals surface area contributed by atoms with Gasteiger partial charge in [-0.1, -0.05) is 6.92 Å². The maximum absolute atomic E-state index is 10.9. The number of nitrogens with one attached hydrogen (secondary N) is 2. The lowest BCUT2D eigenvalue weighted by Crippen LogP contribution is -2.53. The number of carbonyl (C=O) groups is 2. The van der Waals surface area contributed by atoms with E-state index < -0.39 is 0 Å². The van der Waals surface area contributed by atoms with Crippen LogP contribution in [0.3, 0.4) is 0 Å². The molecule has 1 aliphatic heterocycles. The first-order valence-corrected chi connectivity index (χ1v) is 4.28. The van der Waals surface area contributed by atoms with Gasteiger partial charge in [-0.25, -0.2) is 0 Å². The summed E-state index contributed by atoms with van der Waals surface area (Å²) in [7, 11) is 0. The van der Waals surface area contributed by atoms with Gasteiger partial charge in [0.2, 0.25) is 11.8 Å². The summed E-state index contributed by atoms with van der Waals surface area (Å²) in [5.41, 5.74) is 0. The van der Waals surface area contributed by atoms with Crippen LogP contribution >= 0.6 is 0 Å². The molecule has 0 aromatic heterocycles. The van der Waals surface area contributed by atoms with Gasteiger partial charge >= 0.3 is 0 Å². The second-order valence-electron chi connectivity index (χ2n) is 3.02. The third-order valence-electron chi connectivity index (χ3n) is 1.82. The van der Waals surface area contributed by atoms with Crippen molar-refractivity contribution in [2.45, 2.75) is 19.8 Å². The lowest BCUT2D eigenvalue weighted by Gasteiger charge is -2.27. The molecule has 13 heavy (non-hydrogen) atoms. The minimum atomic E-state index is -0.322. The van der Waals surface area contributed by atoms with Crippen LogP contribution in [0.2, 0.25) is 0 Å². The first-order chi connectivity index (χ1) is 6.13. The molecule has 1 fully saturated rings. The van der Waals surface area contributed by atoms with Crippen LogP contribution in [0.15, 0.2) is 0 Å². The van der Waals surface area contributed by atoms with E-state index in [-0.39, 0.29) is 24.9 Å². The van der Waals surface area contributed by atoms with Crippen LogP contribution in [-0.4, -0.2) is 35.6 Å². The minimum absolute atomic E-state index is 0.130. The average Bonchev–Trinajstić information content (AvgIpc) is 2.03. The van der Waals surface area contributed by atoms with Crippen LogP contribution in [-0.2, 0) is 9.59 Å². The predicted molar refractivity (Wildman–Crippen MR) is 47.4 cm³/mol. The minimum Gasteiger partial charge on any atom is -0.342 e. The molecular formula is C8H13N3O2. The summed E-state index contributed by atoms with van der Waals surface area (Å²) in [6, 6.07) is 0. The molecule has 0 unspecified atom stereocenters. The molecule has 0 atom stereocenters. The van der Waals surface area contributed by atoms with Crippen molar-refractivity contribution in [2.24, 2.45) is 0 Å². The Morgan fingerprint density at radius 2 is 2.00 bits per heavy atom. The number of imide groups is 1. The lowest BCUT2D eigenvalue weighted by atomic mass is 10.2. The van der Waals surface area contributed by atoms with Crippen LogP contribution in [0.25, 0.3) is 0 Å². The topological polar surface area (TPSA) is 73.3 Å². The number of rotatable bonds is 2. The summed E-state index contributed by atoms with van der Waals surface area (Å²) in [6.07, 6.45) is 1.46. The molecule has 5 nitrogen and oxygen atoms in total. The molecule has 0 bridgehead atoms. The van der Waals surface area contributed by atoms with Crippen molar-refractivity contribution in [3.63, 3.8) is 0 Å². The zero-order valence-corrected chi connectivity index (χ0v) is 7.59. The number of nitrogens with zero attached hydrogens (tertiary/aromatic N) is 1. The highest BCUT2D eigenvalue weighted by Gasteiger charge is 2.23. The fourth-order valence-electron chi connectivity index (χ4n) is 1.22. The van der Waals surface area contributed by atoms with Crippen LogP contribution in [0.4, 0.5) is 0 Å². The Hall–Kier alpha value is -1.39. The highest BCUT2D eigenvalue weighted by Crippen LogP contribution is 2.00. The van der Waals surface area contributed by atoms with E-state index in [1.54, 1.807) is 0 Å². The summed E-state index contributed by atoms with van der Waals surface area (Å²) in [4.78, 5) is 23.3. The molecule has 0 aromatic carbocycles. The van der Waals surface area contributed by atoms with Gasteiger partial charge in [-0.15, -0.1) is 0 Å².